The number of anilines is 1. The molecule has 0 bridgehead atoms. The molecule has 144 valence electrons. The first-order valence-corrected chi connectivity index (χ1v) is 9.41. The topological polar surface area (TPSA) is 90.1 Å². The number of aromatic nitrogens is 2. The van der Waals surface area contributed by atoms with Crippen LogP contribution < -0.4 is 5.32 Å². The van der Waals surface area contributed by atoms with Gasteiger partial charge < -0.3 is 5.32 Å². The van der Waals surface area contributed by atoms with Gasteiger partial charge in [0.15, 0.2) is 0 Å². The third-order valence-electron chi connectivity index (χ3n) is 3.83. The molecule has 1 aromatic heterocycles. The monoisotopic (exact) mass is 400 g/mol. The molecule has 0 aliphatic heterocycles. The molecular weight excluding hydrogens is 383 g/mol. The van der Waals surface area contributed by atoms with Crippen molar-refractivity contribution >= 4 is 29.2 Å². The van der Waals surface area contributed by atoms with Gasteiger partial charge in [-0.1, -0.05) is 12.1 Å². The molecule has 0 spiro atoms. The lowest BCUT2D eigenvalue weighted by Gasteiger charge is -2.09. The van der Waals surface area contributed by atoms with E-state index < -0.39 is 4.92 Å². The van der Waals surface area contributed by atoms with Crippen LogP contribution in [0.25, 0.3) is 5.69 Å². The highest BCUT2D eigenvalue weighted by molar-refractivity contribution is 7.99. The molecule has 0 fully saturated rings. The van der Waals surface area contributed by atoms with Crippen LogP contribution in [0.5, 0.6) is 0 Å². The average molecular weight is 400 g/mol. The van der Waals surface area contributed by atoms with Gasteiger partial charge in [0.25, 0.3) is 5.69 Å². The van der Waals surface area contributed by atoms with E-state index in [0.717, 1.165) is 0 Å². The number of rotatable bonds is 7. The molecule has 2 aromatic carbocycles. The number of hydrogen-bond donors (Lipinski definition) is 1. The molecule has 0 radical (unpaired) electrons. The molecule has 0 aliphatic rings. The first-order valence-electron chi connectivity index (χ1n) is 8.43. The molecule has 1 N–H and O–H groups in total. The van der Waals surface area contributed by atoms with E-state index in [-0.39, 0.29) is 23.8 Å². The molecular formula is C19H17FN4O3S. The second-order valence-corrected chi connectivity index (χ2v) is 7.07. The van der Waals surface area contributed by atoms with Gasteiger partial charge in [0.2, 0.25) is 5.91 Å². The van der Waals surface area contributed by atoms with Gasteiger partial charge >= 0.3 is 0 Å². The van der Waals surface area contributed by atoms with Gasteiger partial charge in [0.1, 0.15) is 11.6 Å². The number of thioether (sulfide) groups is 1. The summed E-state index contributed by atoms with van der Waals surface area (Å²) in [5.74, 6) is 0.358. The minimum absolute atomic E-state index is 0.0246. The number of nitrogens with zero attached hydrogens (tertiary/aromatic N) is 3. The highest BCUT2D eigenvalue weighted by Crippen LogP contribution is 2.23. The molecule has 0 saturated heterocycles. The zero-order valence-corrected chi connectivity index (χ0v) is 15.8. The predicted molar refractivity (Wildman–Crippen MR) is 105 cm³/mol. The van der Waals surface area contributed by atoms with Gasteiger partial charge in [-0.2, -0.15) is 5.10 Å². The number of hydrogen-bond acceptors (Lipinski definition) is 5. The fourth-order valence-corrected chi connectivity index (χ4v) is 3.41. The Morgan fingerprint density at radius 2 is 1.96 bits per heavy atom. The molecule has 1 heterocycles. The minimum Gasteiger partial charge on any atom is -0.311 e. The van der Waals surface area contributed by atoms with Crippen molar-refractivity contribution in [1.82, 2.24) is 9.78 Å². The van der Waals surface area contributed by atoms with Crippen molar-refractivity contribution in [2.24, 2.45) is 0 Å². The number of amides is 1. The standard InChI is InChI=1S/C19H17FN4O3S/c1-13-12-18(23(22-13)14-6-8-15(9-7-14)24(26)27)21-19(25)10-11-28-17-5-3-2-4-16(17)20/h2-9,12H,10-11H2,1H3,(H,21,25). The van der Waals surface area contributed by atoms with Crippen LogP contribution in [-0.2, 0) is 4.79 Å². The maximum Gasteiger partial charge on any atom is 0.269 e. The predicted octanol–water partition coefficient (Wildman–Crippen LogP) is 4.35. The van der Waals surface area contributed by atoms with Crippen LogP contribution in [0.15, 0.2) is 59.5 Å². The van der Waals surface area contributed by atoms with E-state index in [9.17, 15) is 19.3 Å². The van der Waals surface area contributed by atoms with Gasteiger partial charge in [-0.05, 0) is 31.2 Å². The molecule has 1 amide bonds. The summed E-state index contributed by atoms with van der Waals surface area (Å²) >= 11 is 1.27. The number of carbonyl (C=O) groups excluding carboxylic acids is 1. The number of halogens is 1. The summed E-state index contributed by atoms with van der Waals surface area (Å²) in [4.78, 5) is 23.1. The third kappa shape index (κ3) is 4.74. The maximum absolute atomic E-state index is 13.6. The highest BCUT2D eigenvalue weighted by atomic mass is 32.2. The summed E-state index contributed by atoms with van der Waals surface area (Å²) in [6.45, 7) is 1.78. The van der Waals surface area contributed by atoms with Crippen LogP contribution in [0, 0.1) is 22.9 Å². The van der Waals surface area contributed by atoms with Crippen molar-refractivity contribution in [1.29, 1.82) is 0 Å². The van der Waals surface area contributed by atoms with E-state index in [2.05, 4.69) is 10.4 Å². The van der Waals surface area contributed by atoms with Crippen LogP contribution in [0.4, 0.5) is 15.9 Å². The van der Waals surface area contributed by atoms with Gasteiger partial charge in [-0.3, -0.25) is 14.9 Å². The summed E-state index contributed by atoms with van der Waals surface area (Å²) in [5.41, 5.74) is 1.26. The van der Waals surface area contributed by atoms with E-state index in [1.807, 2.05) is 0 Å². The Bertz CT molecular complexity index is 1000. The molecule has 0 unspecified atom stereocenters. The van der Waals surface area contributed by atoms with Gasteiger partial charge in [-0.15, -0.1) is 11.8 Å². The summed E-state index contributed by atoms with van der Waals surface area (Å²) in [6.07, 6.45) is 0.198. The Balaban J connectivity index is 1.65. The Kier molecular flexibility index (Phi) is 6.05. The van der Waals surface area contributed by atoms with Crippen molar-refractivity contribution < 1.29 is 14.1 Å². The number of nitro benzene ring substituents is 1. The Morgan fingerprint density at radius 1 is 1.25 bits per heavy atom. The number of non-ortho nitro benzene ring substituents is 1. The molecule has 7 nitrogen and oxygen atoms in total. The third-order valence-corrected chi connectivity index (χ3v) is 4.88. The van der Waals surface area contributed by atoms with Crippen LogP contribution >= 0.6 is 11.8 Å². The molecule has 3 rings (SSSR count). The lowest BCUT2D eigenvalue weighted by molar-refractivity contribution is -0.384. The Morgan fingerprint density at radius 3 is 2.64 bits per heavy atom. The molecule has 9 heteroatoms. The second kappa shape index (κ2) is 8.66. The van der Waals surface area contributed by atoms with Crippen molar-refractivity contribution in [3.05, 3.63) is 76.2 Å². The second-order valence-electron chi connectivity index (χ2n) is 5.93. The number of carbonyl (C=O) groups is 1. The van der Waals surface area contributed by atoms with Gasteiger partial charge in [-0.25, -0.2) is 9.07 Å². The maximum atomic E-state index is 13.6. The number of aryl methyl sites for hydroxylation is 1. The van der Waals surface area contributed by atoms with Crippen LogP contribution in [0.2, 0.25) is 0 Å². The highest BCUT2D eigenvalue weighted by Gasteiger charge is 2.13. The normalized spacial score (nSPS) is 10.6. The zero-order chi connectivity index (χ0) is 20.1. The smallest absolute Gasteiger partial charge is 0.269 e. The van der Waals surface area contributed by atoms with E-state index in [1.165, 1.54) is 34.6 Å². The Hall–Kier alpha value is -3.20. The lowest BCUT2D eigenvalue weighted by atomic mass is 10.3. The van der Waals surface area contributed by atoms with Crippen LogP contribution in [0.1, 0.15) is 12.1 Å². The van der Waals surface area contributed by atoms with E-state index >= 15 is 0 Å². The average Bonchev–Trinajstić information content (AvgIpc) is 3.03. The summed E-state index contributed by atoms with van der Waals surface area (Å²) in [6, 6.07) is 14.0. The first kappa shape index (κ1) is 19.6. The van der Waals surface area contributed by atoms with Gasteiger partial charge in [0, 0.05) is 35.3 Å². The van der Waals surface area contributed by atoms with Crippen molar-refractivity contribution in [2.45, 2.75) is 18.2 Å². The fourth-order valence-electron chi connectivity index (χ4n) is 2.52. The van der Waals surface area contributed by atoms with Gasteiger partial charge in [0.05, 0.1) is 16.3 Å². The van der Waals surface area contributed by atoms with E-state index in [4.69, 9.17) is 0 Å². The number of nitro groups is 1. The molecule has 0 saturated carbocycles. The van der Waals surface area contributed by atoms with E-state index in [1.54, 1.807) is 43.3 Å². The fraction of sp³-hybridized carbons (Fsp3) is 0.158. The van der Waals surface area contributed by atoms with Crippen molar-refractivity contribution in [3.63, 3.8) is 0 Å². The Labute approximate surface area is 164 Å². The molecule has 0 atom stereocenters. The molecule has 28 heavy (non-hydrogen) atoms. The van der Waals surface area contributed by atoms with Crippen molar-refractivity contribution in [2.75, 3.05) is 11.1 Å². The summed E-state index contributed by atoms with van der Waals surface area (Å²) in [5, 5.41) is 17.9. The summed E-state index contributed by atoms with van der Waals surface area (Å²) < 4.78 is 15.1. The van der Waals surface area contributed by atoms with Crippen LogP contribution in [-0.4, -0.2) is 26.4 Å². The number of nitrogens with one attached hydrogen (secondary N) is 1. The minimum atomic E-state index is -0.478. The quantitative estimate of drug-likeness (QED) is 0.362. The zero-order valence-electron chi connectivity index (χ0n) is 15.0. The molecule has 0 aliphatic carbocycles. The lowest BCUT2D eigenvalue weighted by Crippen LogP contribution is -2.15. The SMILES string of the molecule is Cc1cc(NC(=O)CCSc2ccccc2F)n(-c2ccc([N+](=O)[O-])cc2)n1. The van der Waals surface area contributed by atoms with E-state index in [0.29, 0.717) is 27.8 Å². The molecule has 3 aromatic rings. The number of benzene rings is 2. The summed E-state index contributed by atoms with van der Waals surface area (Å²) in [7, 11) is 0. The first-order chi connectivity index (χ1) is 13.4. The largest absolute Gasteiger partial charge is 0.311 e. The van der Waals surface area contributed by atoms with Crippen molar-refractivity contribution in [3.8, 4) is 5.69 Å². The van der Waals surface area contributed by atoms with Crippen LogP contribution in [0.3, 0.4) is 0 Å².